The standard InChI is InChI=1S/C25H30N2O3S/c1-31(29,30)27(17-18-5-3-2-4-6-18)23-9-7-22(8-10-23)24(28)26-25-14-19-11-20(15-25)13-21(12-19)16-25/h2-10,19-21H,11-17H2,1H3,(H,26,28). The molecule has 1 N–H and O–H groups in total. The number of amides is 1. The van der Waals surface area contributed by atoms with Crippen molar-refractivity contribution in [3.63, 3.8) is 0 Å². The Kier molecular flexibility index (Phi) is 5.08. The lowest BCUT2D eigenvalue weighted by molar-refractivity contribution is -0.0167. The molecule has 0 aliphatic heterocycles. The first kappa shape index (κ1) is 20.6. The lowest BCUT2D eigenvalue weighted by Gasteiger charge is -2.56. The number of hydrogen-bond donors (Lipinski definition) is 1. The number of carbonyl (C=O) groups is 1. The summed E-state index contributed by atoms with van der Waals surface area (Å²) in [7, 11) is -3.45. The number of nitrogens with zero attached hydrogens (tertiary/aromatic N) is 1. The second-order valence-electron chi connectivity index (χ2n) is 9.95. The third-order valence-electron chi connectivity index (χ3n) is 7.40. The molecule has 2 aromatic rings. The second kappa shape index (κ2) is 7.66. The molecule has 31 heavy (non-hydrogen) atoms. The minimum Gasteiger partial charge on any atom is -0.347 e. The predicted octanol–water partition coefficient (Wildman–Crippen LogP) is 4.35. The number of benzene rings is 2. The quantitative estimate of drug-likeness (QED) is 0.729. The van der Waals surface area contributed by atoms with Gasteiger partial charge in [-0.25, -0.2) is 8.42 Å². The topological polar surface area (TPSA) is 66.5 Å². The Hall–Kier alpha value is -2.34. The minimum atomic E-state index is -3.45. The van der Waals surface area contributed by atoms with Crippen LogP contribution in [0.3, 0.4) is 0 Å². The van der Waals surface area contributed by atoms with Crippen molar-refractivity contribution in [1.82, 2.24) is 5.32 Å². The van der Waals surface area contributed by atoms with E-state index in [2.05, 4.69) is 5.32 Å². The van der Waals surface area contributed by atoms with E-state index in [1.54, 1.807) is 24.3 Å². The van der Waals surface area contributed by atoms with Crippen LogP contribution in [0, 0.1) is 17.8 Å². The van der Waals surface area contributed by atoms with Crippen LogP contribution in [0.1, 0.15) is 54.4 Å². The zero-order valence-electron chi connectivity index (χ0n) is 18.0. The number of rotatable bonds is 6. The molecule has 1 amide bonds. The maximum Gasteiger partial charge on any atom is 0.251 e. The first-order chi connectivity index (χ1) is 14.8. The fourth-order valence-electron chi connectivity index (χ4n) is 6.51. The van der Waals surface area contributed by atoms with E-state index < -0.39 is 10.0 Å². The third kappa shape index (κ3) is 4.22. The van der Waals surface area contributed by atoms with Crippen molar-refractivity contribution in [3.8, 4) is 0 Å². The highest BCUT2D eigenvalue weighted by atomic mass is 32.2. The number of nitrogens with one attached hydrogen (secondary N) is 1. The summed E-state index contributed by atoms with van der Waals surface area (Å²) >= 11 is 0. The SMILES string of the molecule is CS(=O)(=O)N(Cc1ccccc1)c1ccc(C(=O)NC23CC4CC(CC(C4)C2)C3)cc1. The molecule has 4 aliphatic carbocycles. The van der Waals surface area contributed by atoms with E-state index >= 15 is 0 Å². The number of hydrogen-bond acceptors (Lipinski definition) is 3. The van der Waals surface area contributed by atoms with Gasteiger partial charge < -0.3 is 5.32 Å². The molecule has 4 saturated carbocycles. The summed E-state index contributed by atoms with van der Waals surface area (Å²) in [6.45, 7) is 0.262. The van der Waals surface area contributed by atoms with Gasteiger partial charge in [-0.1, -0.05) is 30.3 Å². The summed E-state index contributed by atoms with van der Waals surface area (Å²) in [5, 5.41) is 3.39. The van der Waals surface area contributed by atoms with E-state index in [1.165, 1.54) is 29.8 Å². The van der Waals surface area contributed by atoms with Crippen LogP contribution >= 0.6 is 0 Å². The molecule has 4 fully saturated rings. The lowest BCUT2D eigenvalue weighted by atomic mass is 9.53. The Labute approximate surface area is 184 Å². The summed E-state index contributed by atoms with van der Waals surface area (Å²) in [6, 6.07) is 16.5. The highest BCUT2D eigenvalue weighted by Crippen LogP contribution is 2.55. The molecular weight excluding hydrogens is 408 g/mol. The van der Waals surface area contributed by atoms with E-state index in [0.29, 0.717) is 11.3 Å². The summed E-state index contributed by atoms with van der Waals surface area (Å²) in [4.78, 5) is 13.1. The highest BCUT2D eigenvalue weighted by Gasteiger charge is 2.51. The monoisotopic (exact) mass is 438 g/mol. The van der Waals surface area contributed by atoms with Crippen LogP contribution in [0.5, 0.6) is 0 Å². The molecule has 6 heteroatoms. The number of carbonyl (C=O) groups excluding carboxylic acids is 1. The van der Waals surface area contributed by atoms with Gasteiger partial charge in [-0.3, -0.25) is 9.10 Å². The van der Waals surface area contributed by atoms with Gasteiger partial charge in [0.05, 0.1) is 18.5 Å². The molecule has 6 rings (SSSR count). The molecule has 0 heterocycles. The van der Waals surface area contributed by atoms with E-state index in [0.717, 1.165) is 42.6 Å². The maximum absolute atomic E-state index is 13.1. The van der Waals surface area contributed by atoms with Gasteiger partial charge in [-0.2, -0.15) is 0 Å². The van der Waals surface area contributed by atoms with Gasteiger partial charge in [0.25, 0.3) is 5.91 Å². The van der Waals surface area contributed by atoms with Crippen molar-refractivity contribution >= 4 is 21.6 Å². The average Bonchev–Trinajstić information content (AvgIpc) is 2.71. The largest absolute Gasteiger partial charge is 0.347 e. The third-order valence-corrected chi connectivity index (χ3v) is 8.54. The smallest absolute Gasteiger partial charge is 0.251 e. The molecule has 164 valence electrons. The zero-order chi connectivity index (χ0) is 21.6. The Morgan fingerprint density at radius 3 is 2.00 bits per heavy atom. The normalized spacial score (nSPS) is 29.0. The fourth-order valence-corrected chi connectivity index (χ4v) is 7.39. The van der Waals surface area contributed by atoms with Crippen LogP contribution < -0.4 is 9.62 Å². The van der Waals surface area contributed by atoms with Crippen molar-refractivity contribution in [2.75, 3.05) is 10.6 Å². The van der Waals surface area contributed by atoms with Crippen LogP contribution in [0.2, 0.25) is 0 Å². The van der Waals surface area contributed by atoms with E-state index in [4.69, 9.17) is 0 Å². The van der Waals surface area contributed by atoms with Crippen molar-refractivity contribution < 1.29 is 13.2 Å². The van der Waals surface area contributed by atoms with Gasteiger partial charge in [0, 0.05) is 11.1 Å². The van der Waals surface area contributed by atoms with Crippen LogP contribution in [-0.4, -0.2) is 26.1 Å². The molecular formula is C25H30N2O3S. The first-order valence-corrected chi connectivity index (χ1v) is 13.1. The molecule has 5 nitrogen and oxygen atoms in total. The Morgan fingerprint density at radius 2 is 1.48 bits per heavy atom. The van der Waals surface area contributed by atoms with Crippen LogP contribution in [0.15, 0.2) is 54.6 Å². The first-order valence-electron chi connectivity index (χ1n) is 11.2. The zero-order valence-corrected chi connectivity index (χ0v) is 18.8. The molecule has 0 radical (unpaired) electrons. The van der Waals surface area contributed by atoms with Crippen molar-refractivity contribution in [2.24, 2.45) is 17.8 Å². The van der Waals surface area contributed by atoms with Gasteiger partial charge in [-0.05, 0) is 86.1 Å². The van der Waals surface area contributed by atoms with Crippen LogP contribution in [-0.2, 0) is 16.6 Å². The molecule has 2 aromatic carbocycles. The second-order valence-corrected chi connectivity index (χ2v) is 11.9. The Morgan fingerprint density at radius 1 is 0.935 bits per heavy atom. The highest BCUT2D eigenvalue weighted by molar-refractivity contribution is 7.92. The summed E-state index contributed by atoms with van der Waals surface area (Å²) in [5.74, 6) is 2.28. The van der Waals surface area contributed by atoms with Crippen LogP contribution in [0.4, 0.5) is 5.69 Å². The summed E-state index contributed by atoms with van der Waals surface area (Å²) in [6.07, 6.45) is 8.57. The average molecular weight is 439 g/mol. The molecule has 0 aromatic heterocycles. The maximum atomic E-state index is 13.1. The van der Waals surface area contributed by atoms with Crippen molar-refractivity contribution in [2.45, 2.75) is 50.6 Å². The van der Waals surface area contributed by atoms with Gasteiger partial charge in [-0.15, -0.1) is 0 Å². The molecule has 0 spiro atoms. The number of anilines is 1. The van der Waals surface area contributed by atoms with E-state index in [1.807, 2.05) is 30.3 Å². The predicted molar refractivity (Wildman–Crippen MR) is 122 cm³/mol. The Balaban J connectivity index is 1.32. The summed E-state index contributed by atoms with van der Waals surface area (Å²) < 4.78 is 26.2. The molecule has 4 aliphatic rings. The minimum absolute atomic E-state index is 0.0311. The van der Waals surface area contributed by atoms with E-state index in [-0.39, 0.29) is 18.0 Å². The Bertz CT molecular complexity index is 1030. The molecule has 4 bridgehead atoms. The molecule has 0 saturated heterocycles. The van der Waals surface area contributed by atoms with Gasteiger partial charge in [0.15, 0.2) is 0 Å². The van der Waals surface area contributed by atoms with Gasteiger partial charge in [0.1, 0.15) is 0 Å². The molecule has 0 atom stereocenters. The van der Waals surface area contributed by atoms with E-state index in [9.17, 15) is 13.2 Å². The summed E-state index contributed by atoms with van der Waals surface area (Å²) in [5.41, 5.74) is 2.04. The lowest BCUT2D eigenvalue weighted by Crippen LogP contribution is -2.59. The molecule has 0 unspecified atom stereocenters. The van der Waals surface area contributed by atoms with Gasteiger partial charge in [0.2, 0.25) is 10.0 Å². The van der Waals surface area contributed by atoms with Gasteiger partial charge >= 0.3 is 0 Å². The van der Waals surface area contributed by atoms with Crippen molar-refractivity contribution in [3.05, 3.63) is 65.7 Å². The number of sulfonamides is 1. The van der Waals surface area contributed by atoms with Crippen LogP contribution in [0.25, 0.3) is 0 Å². The fraction of sp³-hybridized carbons (Fsp3) is 0.480. The van der Waals surface area contributed by atoms with Crippen molar-refractivity contribution in [1.29, 1.82) is 0 Å².